The van der Waals surface area contributed by atoms with Crippen LogP contribution in [0.25, 0.3) is 6.08 Å². The predicted octanol–water partition coefficient (Wildman–Crippen LogP) is 4.53. The van der Waals surface area contributed by atoms with Gasteiger partial charge >= 0.3 is 24.3 Å². The Morgan fingerprint density at radius 2 is 1.52 bits per heavy atom. The van der Waals surface area contributed by atoms with E-state index >= 15 is 0 Å². The van der Waals surface area contributed by atoms with Crippen LogP contribution in [0.15, 0.2) is 35.9 Å². The molecular formula is C28H36F6N2O6. The van der Waals surface area contributed by atoms with E-state index in [0.29, 0.717) is 42.8 Å². The summed E-state index contributed by atoms with van der Waals surface area (Å²) in [4.78, 5) is 31.9. The molecule has 42 heavy (non-hydrogen) atoms. The number of ketones is 1. The Hall–Kier alpha value is -2.97. The summed E-state index contributed by atoms with van der Waals surface area (Å²) in [5.74, 6) is -4.53. The normalized spacial score (nSPS) is 21.6. The van der Waals surface area contributed by atoms with Crippen LogP contribution < -0.4 is 5.32 Å². The number of hydrogen-bond donors (Lipinski definition) is 4. The van der Waals surface area contributed by atoms with Crippen molar-refractivity contribution in [3.05, 3.63) is 41.5 Å². The molecule has 8 nitrogen and oxygen atoms in total. The summed E-state index contributed by atoms with van der Waals surface area (Å²) in [7, 11) is 0. The predicted molar refractivity (Wildman–Crippen MR) is 140 cm³/mol. The molecule has 2 aliphatic carbocycles. The Kier molecular flexibility index (Phi) is 12.6. The number of rotatable bonds is 10. The highest BCUT2D eigenvalue weighted by atomic mass is 19.4. The van der Waals surface area contributed by atoms with Crippen molar-refractivity contribution >= 4 is 23.8 Å². The van der Waals surface area contributed by atoms with Gasteiger partial charge in [0, 0.05) is 38.2 Å². The molecule has 0 bridgehead atoms. The summed E-state index contributed by atoms with van der Waals surface area (Å²) >= 11 is 0. The Labute approximate surface area is 239 Å². The molecule has 1 aromatic rings. The minimum atomic E-state index is -5.08. The van der Waals surface area contributed by atoms with Crippen molar-refractivity contribution in [3.8, 4) is 0 Å². The number of alkyl halides is 6. The number of likely N-dealkylation sites (tertiary alicyclic amines) is 1. The zero-order valence-electron chi connectivity index (χ0n) is 23.0. The van der Waals surface area contributed by atoms with Crippen molar-refractivity contribution in [3.63, 3.8) is 0 Å². The largest absolute Gasteiger partial charge is 0.490 e. The van der Waals surface area contributed by atoms with Gasteiger partial charge in [0.1, 0.15) is 5.78 Å². The lowest BCUT2D eigenvalue weighted by Crippen LogP contribution is -2.66. The lowest BCUT2D eigenvalue weighted by molar-refractivity contribution is -0.193. The van der Waals surface area contributed by atoms with Gasteiger partial charge in [0.2, 0.25) is 0 Å². The van der Waals surface area contributed by atoms with Gasteiger partial charge in [0.25, 0.3) is 0 Å². The number of nitrogens with one attached hydrogen (secondary N) is 1. The Balaban J connectivity index is 0.000000367. The standard InChI is InChI=1S/C24H34N2O2.2C2HF3O2/c1-2-19(11-18-7-4-3-5-8-18)22-12-23(22)25-20-13-24(14-20)16-26(17-24)15-21(28)9-6-10-27;2*3-2(4,5)1(6)7/h3-5,7-8,11,20,22-23,25,27H,2,6,9-10,12-17H2,1H3;2*(H,6,7)/b19-11+;;/t22-,23+;;/m0../s1. The number of carboxylic acid groups (broad SMARTS) is 2. The van der Waals surface area contributed by atoms with E-state index in [0.717, 1.165) is 19.5 Å². The number of nitrogens with zero attached hydrogens (tertiary/aromatic N) is 1. The maximum Gasteiger partial charge on any atom is 0.490 e. The van der Waals surface area contributed by atoms with Crippen LogP contribution in [0.4, 0.5) is 26.3 Å². The summed E-state index contributed by atoms with van der Waals surface area (Å²) in [5, 5.41) is 27.0. The van der Waals surface area contributed by atoms with Gasteiger partial charge in [0.15, 0.2) is 0 Å². The molecule has 0 unspecified atom stereocenters. The molecule has 1 saturated heterocycles. The molecule has 2 saturated carbocycles. The first-order valence-corrected chi connectivity index (χ1v) is 13.5. The van der Waals surface area contributed by atoms with Crippen molar-refractivity contribution in [2.24, 2.45) is 11.3 Å². The van der Waals surface area contributed by atoms with Crippen molar-refractivity contribution in [1.82, 2.24) is 10.2 Å². The van der Waals surface area contributed by atoms with Crippen LogP contribution in [0.1, 0.15) is 51.0 Å². The van der Waals surface area contributed by atoms with E-state index in [1.165, 1.54) is 24.8 Å². The highest BCUT2D eigenvalue weighted by Gasteiger charge is 2.54. The lowest BCUT2D eigenvalue weighted by atomic mass is 9.60. The van der Waals surface area contributed by atoms with Crippen LogP contribution in [0.2, 0.25) is 0 Å². The van der Waals surface area contributed by atoms with Crippen LogP contribution >= 0.6 is 0 Å². The molecule has 3 aliphatic rings. The minimum absolute atomic E-state index is 0.117. The molecule has 4 N–H and O–H groups in total. The molecule has 0 radical (unpaired) electrons. The smallest absolute Gasteiger partial charge is 0.475 e. The highest BCUT2D eigenvalue weighted by molar-refractivity contribution is 5.80. The molecule has 4 rings (SSSR count). The topological polar surface area (TPSA) is 127 Å². The first-order valence-electron chi connectivity index (χ1n) is 13.5. The number of Topliss-reactive ketones (excluding diaryl/α,β-unsaturated/α-hetero) is 1. The summed E-state index contributed by atoms with van der Waals surface area (Å²) < 4.78 is 63.5. The van der Waals surface area contributed by atoms with E-state index in [9.17, 15) is 31.1 Å². The third kappa shape index (κ3) is 11.4. The van der Waals surface area contributed by atoms with Crippen molar-refractivity contribution in [1.29, 1.82) is 0 Å². The second kappa shape index (κ2) is 15.0. The molecular weight excluding hydrogens is 574 g/mol. The maximum atomic E-state index is 11.8. The SMILES string of the molecule is CC/C(=C\c1ccccc1)[C@@H]1C[C@H]1NC1CC2(C1)CN(CC(=O)CCCO)C2.O=C(O)C(F)(F)F.O=C(O)C(F)(F)F. The number of halogens is 6. The van der Waals surface area contributed by atoms with Gasteiger partial charge in [-0.2, -0.15) is 26.3 Å². The number of aliphatic carboxylic acids is 2. The van der Waals surface area contributed by atoms with Crippen LogP contribution in [0.5, 0.6) is 0 Å². The molecule has 236 valence electrons. The highest BCUT2D eigenvalue weighted by Crippen LogP contribution is 2.50. The number of hydrogen-bond acceptors (Lipinski definition) is 6. The zero-order valence-corrected chi connectivity index (χ0v) is 23.0. The molecule has 1 heterocycles. The number of carbonyl (C=O) groups excluding carboxylic acids is 1. The summed E-state index contributed by atoms with van der Waals surface area (Å²) in [6, 6.07) is 12.0. The van der Waals surface area contributed by atoms with Gasteiger partial charge in [-0.3, -0.25) is 9.69 Å². The van der Waals surface area contributed by atoms with Crippen molar-refractivity contribution in [2.45, 2.75) is 69.9 Å². The van der Waals surface area contributed by atoms with Gasteiger partial charge in [-0.15, -0.1) is 0 Å². The fraction of sp³-hybridized carbons (Fsp3) is 0.607. The number of aliphatic hydroxyl groups is 1. The van der Waals surface area contributed by atoms with Gasteiger partial charge < -0.3 is 20.6 Å². The van der Waals surface area contributed by atoms with Gasteiger partial charge in [0.05, 0.1) is 6.54 Å². The van der Waals surface area contributed by atoms with Crippen molar-refractivity contribution < 1.29 is 56.0 Å². The molecule has 0 amide bonds. The Morgan fingerprint density at radius 1 is 1.00 bits per heavy atom. The van der Waals surface area contributed by atoms with Crippen LogP contribution in [0, 0.1) is 11.3 Å². The third-order valence-corrected chi connectivity index (χ3v) is 7.25. The van der Waals surface area contributed by atoms with E-state index in [-0.39, 0.29) is 12.4 Å². The second-order valence-electron chi connectivity index (χ2n) is 10.8. The molecule has 1 aliphatic heterocycles. The molecule has 2 atom stereocenters. The molecule has 0 aromatic heterocycles. The number of aliphatic hydroxyl groups excluding tert-OH is 1. The third-order valence-electron chi connectivity index (χ3n) is 7.25. The fourth-order valence-corrected chi connectivity index (χ4v) is 5.31. The minimum Gasteiger partial charge on any atom is -0.475 e. The Morgan fingerprint density at radius 3 is 1.98 bits per heavy atom. The second-order valence-corrected chi connectivity index (χ2v) is 10.8. The van der Waals surface area contributed by atoms with Crippen LogP contribution in [-0.4, -0.2) is 88.6 Å². The van der Waals surface area contributed by atoms with Crippen molar-refractivity contribution in [2.75, 3.05) is 26.2 Å². The van der Waals surface area contributed by atoms with E-state index < -0.39 is 24.3 Å². The van der Waals surface area contributed by atoms with Gasteiger partial charge in [-0.05, 0) is 49.0 Å². The van der Waals surface area contributed by atoms with Crippen LogP contribution in [0.3, 0.4) is 0 Å². The monoisotopic (exact) mass is 610 g/mol. The van der Waals surface area contributed by atoms with E-state index in [4.69, 9.17) is 24.9 Å². The number of carbonyl (C=O) groups is 3. The first-order chi connectivity index (χ1) is 19.5. The van der Waals surface area contributed by atoms with Crippen LogP contribution in [-0.2, 0) is 14.4 Å². The molecule has 1 aromatic carbocycles. The van der Waals surface area contributed by atoms with E-state index in [1.54, 1.807) is 5.57 Å². The average molecular weight is 611 g/mol. The average Bonchev–Trinajstić information content (AvgIpc) is 3.62. The van der Waals surface area contributed by atoms with E-state index in [1.807, 2.05) is 0 Å². The number of benzene rings is 1. The molecule has 14 heteroatoms. The first kappa shape index (κ1) is 35.2. The molecule has 1 spiro atoms. The quantitative estimate of drug-likeness (QED) is 0.285. The molecule has 3 fully saturated rings. The van der Waals surface area contributed by atoms with E-state index in [2.05, 4.69) is 53.5 Å². The zero-order chi connectivity index (χ0) is 31.7. The fourth-order valence-electron chi connectivity index (χ4n) is 5.31. The Bertz CT molecular complexity index is 1050. The van der Waals surface area contributed by atoms with Gasteiger partial charge in [-0.1, -0.05) is 48.9 Å². The maximum absolute atomic E-state index is 11.8. The lowest BCUT2D eigenvalue weighted by Gasteiger charge is -2.59. The summed E-state index contributed by atoms with van der Waals surface area (Å²) in [5.41, 5.74) is 3.37. The number of carboxylic acids is 2. The summed E-state index contributed by atoms with van der Waals surface area (Å²) in [6.07, 6.45) is -1.73. The summed E-state index contributed by atoms with van der Waals surface area (Å²) in [6.45, 7) is 5.13. The van der Waals surface area contributed by atoms with Gasteiger partial charge in [-0.25, -0.2) is 9.59 Å².